The monoisotopic (exact) mass is 324 g/mol. The van der Waals surface area contributed by atoms with E-state index in [1.54, 1.807) is 0 Å². The maximum absolute atomic E-state index is 4.82. The minimum absolute atomic E-state index is 0.339. The average Bonchev–Trinajstić information content (AvgIpc) is 3.05. The molecule has 1 aromatic carbocycles. The quantitative estimate of drug-likeness (QED) is 0.846. The number of aromatic nitrogens is 2. The lowest BCUT2D eigenvalue weighted by molar-refractivity contribution is 0.658. The molecule has 1 fully saturated rings. The van der Waals surface area contributed by atoms with Crippen LogP contribution in [0, 0.1) is 6.92 Å². The Morgan fingerprint density at radius 2 is 1.83 bits per heavy atom. The third-order valence-electron chi connectivity index (χ3n) is 4.63. The van der Waals surface area contributed by atoms with E-state index in [1.165, 1.54) is 31.2 Å². The van der Waals surface area contributed by atoms with Crippen molar-refractivity contribution in [2.24, 2.45) is 0 Å². The Morgan fingerprint density at radius 1 is 1.12 bits per heavy atom. The van der Waals surface area contributed by atoms with Gasteiger partial charge < -0.3 is 10.2 Å². The Labute approximate surface area is 145 Å². The van der Waals surface area contributed by atoms with E-state index in [0.29, 0.717) is 12.1 Å². The molecule has 1 heterocycles. The number of anilines is 2. The SMILES string of the molecule is Cc1cc(NC2CCCC2)nc(N(Cc2ccccc2)C(C)C)n1. The van der Waals surface area contributed by atoms with Gasteiger partial charge in [0.05, 0.1) is 0 Å². The van der Waals surface area contributed by atoms with Crippen LogP contribution in [-0.4, -0.2) is 22.1 Å². The van der Waals surface area contributed by atoms with Crippen LogP contribution in [0.5, 0.6) is 0 Å². The molecule has 0 saturated heterocycles. The summed E-state index contributed by atoms with van der Waals surface area (Å²) in [6.07, 6.45) is 5.13. The second-order valence-corrected chi connectivity index (χ2v) is 7.03. The molecule has 1 N–H and O–H groups in total. The summed E-state index contributed by atoms with van der Waals surface area (Å²) < 4.78 is 0. The van der Waals surface area contributed by atoms with Gasteiger partial charge in [-0.05, 0) is 39.2 Å². The first-order valence-corrected chi connectivity index (χ1v) is 9.04. The first-order valence-electron chi connectivity index (χ1n) is 9.04. The highest BCUT2D eigenvalue weighted by Gasteiger charge is 2.18. The fraction of sp³-hybridized carbons (Fsp3) is 0.500. The molecule has 1 aliphatic carbocycles. The van der Waals surface area contributed by atoms with Crippen molar-refractivity contribution in [3.63, 3.8) is 0 Å². The summed E-state index contributed by atoms with van der Waals surface area (Å²) in [6, 6.07) is 13.5. The van der Waals surface area contributed by atoms with Crippen molar-refractivity contribution in [1.82, 2.24) is 9.97 Å². The smallest absolute Gasteiger partial charge is 0.228 e. The van der Waals surface area contributed by atoms with Gasteiger partial charge in [0.25, 0.3) is 0 Å². The molecule has 128 valence electrons. The minimum Gasteiger partial charge on any atom is -0.367 e. The molecule has 0 atom stereocenters. The maximum atomic E-state index is 4.82. The molecule has 4 heteroatoms. The van der Waals surface area contributed by atoms with Crippen molar-refractivity contribution in [3.05, 3.63) is 47.7 Å². The molecule has 0 spiro atoms. The first kappa shape index (κ1) is 16.7. The highest BCUT2D eigenvalue weighted by molar-refractivity contribution is 5.45. The number of hydrogen-bond donors (Lipinski definition) is 1. The lowest BCUT2D eigenvalue weighted by Crippen LogP contribution is -2.32. The van der Waals surface area contributed by atoms with Gasteiger partial charge in [-0.2, -0.15) is 4.98 Å². The van der Waals surface area contributed by atoms with Crippen molar-refractivity contribution >= 4 is 11.8 Å². The summed E-state index contributed by atoms with van der Waals surface area (Å²) in [6.45, 7) is 7.26. The molecule has 0 radical (unpaired) electrons. The Bertz CT molecular complexity index is 648. The van der Waals surface area contributed by atoms with Gasteiger partial charge >= 0.3 is 0 Å². The summed E-state index contributed by atoms with van der Waals surface area (Å²) in [4.78, 5) is 11.8. The zero-order valence-electron chi connectivity index (χ0n) is 15.0. The molecule has 1 saturated carbocycles. The summed E-state index contributed by atoms with van der Waals surface area (Å²) >= 11 is 0. The van der Waals surface area contributed by atoms with E-state index in [2.05, 4.69) is 60.5 Å². The number of nitrogens with zero attached hydrogens (tertiary/aromatic N) is 3. The molecule has 0 bridgehead atoms. The van der Waals surface area contributed by atoms with Crippen molar-refractivity contribution in [2.75, 3.05) is 10.2 Å². The minimum atomic E-state index is 0.339. The summed E-state index contributed by atoms with van der Waals surface area (Å²) in [5, 5.41) is 3.60. The number of benzene rings is 1. The van der Waals surface area contributed by atoms with Gasteiger partial charge in [0.15, 0.2) is 0 Å². The largest absolute Gasteiger partial charge is 0.367 e. The van der Waals surface area contributed by atoms with Crippen LogP contribution in [-0.2, 0) is 6.54 Å². The van der Waals surface area contributed by atoms with Crippen molar-refractivity contribution in [2.45, 2.75) is 65.1 Å². The number of nitrogens with one attached hydrogen (secondary N) is 1. The molecule has 4 nitrogen and oxygen atoms in total. The van der Waals surface area contributed by atoms with Crippen LogP contribution in [0.15, 0.2) is 36.4 Å². The van der Waals surface area contributed by atoms with Gasteiger partial charge in [0.1, 0.15) is 5.82 Å². The van der Waals surface area contributed by atoms with Crippen molar-refractivity contribution in [1.29, 1.82) is 0 Å². The summed E-state index contributed by atoms with van der Waals surface area (Å²) in [7, 11) is 0. The Hall–Kier alpha value is -2.10. The lowest BCUT2D eigenvalue weighted by atomic mass is 10.2. The maximum Gasteiger partial charge on any atom is 0.228 e. The summed E-state index contributed by atoms with van der Waals surface area (Å²) in [5.74, 6) is 1.78. The van der Waals surface area contributed by atoms with E-state index in [1.807, 2.05) is 6.92 Å². The van der Waals surface area contributed by atoms with Crippen LogP contribution in [0.1, 0.15) is 50.8 Å². The van der Waals surface area contributed by atoms with Gasteiger partial charge in [-0.3, -0.25) is 0 Å². The van der Waals surface area contributed by atoms with E-state index in [9.17, 15) is 0 Å². The van der Waals surface area contributed by atoms with Gasteiger partial charge in [0.2, 0.25) is 5.95 Å². The van der Waals surface area contributed by atoms with Crippen molar-refractivity contribution < 1.29 is 0 Å². The normalized spacial score (nSPS) is 15.0. The molecular weight excluding hydrogens is 296 g/mol. The van der Waals surface area contributed by atoms with E-state index in [0.717, 1.165) is 24.0 Å². The van der Waals surface area contributed by atoms with Crippen LogP contribution < -0.4 is 10.2 Å². The molecule has 1 aromatic heterocycles. The fourth-order valence-corrected chi connectivity index (χ4v) is 3.30. The van der Waals surface area contributed by atoms with Gasteiger partial charge in [-0.15, -0.1) is 0 Å². The third-order valence-corrected chi connectivity index (χ3v) is 4.63. The van der Waals surface area contributed by atoms with Crippen LogP contribution in [0.25, 0.3) is 0 Å². The predicted molar refractivity (Wildman–Crippen MR) is 100 cm³/mol. The molecule has 0 aliphatic heterocycles. The Morgan fingerprint density at radius 3 is 2.50 bits per heavy atom. The molecule has 0 unspecified atom stereocenters. The second-order valence-electron chi connectivity index (χ2n) is 7.03. The number of aryl methyl sites for hydroxylation is 1. The molecule has 1 aliphatic rings. The zero-order chi connectivity index (χ0) is 16.9. The highest BCUT2D eigenvalue weighted by atomic mass is 15.3. The first-order chi connectivity index (χ1) is 11.6. The van der Waals surface area contributed by atoms with E-state index in [-0.39, 0.29) is 0 Å². The average molecular weight is 324 g/mol. The Balaban J connectivity index is 1.82. The predicted octanol–water partition coefficient (Wildman–Crippen LogP) is 4.55. The van der Waals surface area contributed by atoms with E-state index in [4.69, 9.17) is 9.97 Å². The molecular formula is C20H28N4. The van der Waals surface area contributed by atoms with Crippen molar-refractivity contribution in [3.8, 4) is 0 Å². The summed E-state index contributed by atoms with van der Waals surface area (Å²) in [5.41, 5.74) is 2.29. The molecule has 3 rings (SSSR count). The molecule has 2 aromatic rings. The zero-order valence-corrected chi connectivity index (χ0v) is 15.0. The Kier molecular flexibility index (Phi) is 5.34. The number of rotatable bonds is 6. The lowest BCUT2D eigenvalue weighted by Gasteiger charge is -2.28. The van der Waals surface area contributed by atoms with Crippen LogP contribution in [0.4, 0.5) is 11.8 Å². The van der Waals surface area contributed by atoms with E-state index >= 15 is 0 Å². The molecule has 24 heavy (non-hydrogen) atoms. The highest BCUT2D eigenvalue weighted by Crippen LogP contribution is 2.24. The molecule has 0 amide bonds. The van der Waals surface area contributed by atoms with Gasteiger partial charge in [0, 0.05) is 30.4 Å². The van der Waals surface area contributed by atoms with Crippen LogP contribution >= 0.6 is 0 Å². The second kappa shape index (κ2) is 7.65. The topological polar surface area (TPSA) is 41.1 Å². The van der Waals surface area contributed by atoms with Crippen LogP contribution in [0.2, 0.25) is 0 Å². The van der Waals surface area contributed by atoms with E-state index < -0.39 is 0 Å². The van der Waals surface area contributed by atoms with Gasteiger partial charge in [-0.25, -0.2) is 4.98 Å². The van der Waals surface area contributed by atoms with Gasteiger partial charge in [-0.1, -0.05) is 43.2 Å². The standard InChI is InChI=1S/C20H28N4/c1-15(2)24(14-17-9-5-4-6-10-17)20-21-16(3)13-19(23-20)22-18-11-7-8-12-18/h4-6,9-10,13,15,18H,7-8,11-12,14H2,1-3H3,(H,21,22,23). The third kappa shape index (κ3) is 4.25. The van der Waals surface area contributed by atoms with Crippen LogP contribution in [0.3, 0.4) is 0 Å². The fourth-order valence-electron chi connectivity index (χ4n) is 3.30. The number of hydrogen-bond acceptors (Lipinski definition) is 4.